The van der Waals surface area contributed by atoms with E-state index in [-0.39, 0.29) is 29.6 Å². The number of aromatic nitrogens is 1. The summed E-state index contributed by atoms with van der Waals surface area (Å²) in [7, 11) is 0. The fourth-order valence-electron chi connectivity index (χ4n) is 3.20. The van der Waals surface area contributed by atoms with Crippen molar-refractivity contribution in [1.82, 2.24) is 15.6 Å². The summed E-state index contributed by atoms with van der Waals surface area (Å²) >= 11 is 0. The molecule has 1 saturated heterocycles. The number of rotatable bonds is 6. The van der Waals surface area contributed by atoms with Crippen LogP contribution in [-0.4, -0.2) is 42.8 Å². The van der Waals surface area contributed by atoms with Gasteiger partial charge in [0.2, 0.25) is 0 Å². The zero-order chi connectivity index (χ0) is 16.8. The van der Waals surface area contributed by atoms with Crippen LogP contribution in [0.2, 0.25) is 0 Å². The third-order valence-electron chi connectivity index (χ3n) is 4.58. The van der Waals surface area contributed by atoms with Gasteiger partial charge in [0, 0.05) is 36.8 Å². The predicted octanol–water partition coefficient (Wildman–Crippen LogP) is 3.45. The van der Waals surface area contributed by atoms with Crippen molar-refractivity contribution in [2.75, 3.05) is 26.2 Å². The Labute approximate surface area is 167 Å². The number of para-hydroxylation sites is 1. The van der Waals surface area contributed by atoms with Crippen molar-refractivity contribution in [2.24, 2.45) is 4.99 Å². The van der Waals surface area contributed by atoms with E-state index in [1.165, 1.54) is 16.5 Å². The first-order valence-corrected chi connectivity index (χ1v) is 8.91. The SMILES string of the molecule is CCNC(=NCC1(C)CCCO1)NCCc1c[nH]c2ccccc12.I. The molecule has 25 heavy (non-hydrogen) atoms. The highest BCUT2D eigenvalue weighted by molar-refractivity contribution is 14.0. The lowest BCUT2D eigenvalue weighted by Gasteiger charge is -2.21. The number of nitrogens with zero attached hydrogens (tertiary/aromatic N) is 1. The number of nitrogens with one attached hydrogen (secondary N) is 3. The molecule has 0 radical (unpaired) electrons. The lowest BCUT2D eigenvalue weighted by Crippen LogP contribution is -2.40. The van der Waals surface area contributed by atoms with Crippen LogP contribution >= 0.6 is 24.0 Å². The van der Waals surface area contributed by atoms with Gasteiger partial charge in [-0.15, -0.1) is 24.0 Å². The first-order chi connectivity index (χ1) is 11.7. The van der Waals surface area contributed by atoms with Crippen molar-refractivity contribution in [3.05, 3.63) is 36.0 Å². The zero-order valence-electron chi connectivity index (χ0n) is 15.1. The van der Waals surface area contributed by atoms with Gasteiger partial charge in [0.25, 0.3) is 0 Å². The third-order valence-corrected chi connectivity index (χ3v) is 4.58. The van der Waals surface area contributed by atoms with E-state index >= 15 is 0 Å². The lowest BCUT2D eigenvalue weighted by atomic mass is 10.0. The Morgan fingerprint density at radius 2 is 2.16 bits per heavy atom. The van der Waals surface area contributed by atoms with E-state index in [4.69, 9.17) is 9.73 Å². The van der Waals surface area contributed by atoms with Crippen LogP contribution in [-0.2, 0) is 11.2 Å². The maximum atomic E-state index is 5.81. The molecule has 0 amide bonds. The normalized spacial score (nSPS) is 20.5. The minimum Gasteiger partial charge on any atom is -0.373 e. The van der Waals surface area contributed by atoms with Gasteiger partial charge in [-0.3, -0.25) is 4.99 Å². The van der Waals surface area contributed by atoms with Crippen LogP contribution in [0.3, 0.4) is 0 Å². The quantitative estimate of drug-likeness (QED) is 0.355. The van der Waals surface area contributed by atoms with Crippen LogP contribution in [0.4, 0.5) is 0 Å². The smallest absolute Gasteiger partial charge is 0.191 e. The molecule has 1 aromatic carbocycles. The number of benzene rings is 1. The van der Waals surface area contributed by atoms with Crippen molar-refractivity contribution >= 4 is 40.8 Å². The zero-order valence-corrected chi connectivity index (χ0v) is 17.4. The van der Waals surface area contributed by atoms with Crippen LogP contribution in [0.1, 0.15) is 32.3 Å². The second-order valence-corrected chi connectivity index (χ2v) is 6.63. The Bertz CT molecular complexity index is 692. The molecule has 3 N–H and O–H groups in total. The van der Waals surface area contributed by atoms with Crippen LogP contribution in [0.15, 0.2) is 35.5 Å². The number of aliphatic imine (C=N–C) groups is 1. The summed E-state index contributed by atoms with van der Waals surface area (Å²) in [6.07, 6.45) is 5.29. The van der Waals surface area contributed by atoms with Gasteiger partial charge in [-0.1, -0.05) is 18.2 Å². The molecule has 0 spiro atoms. The Kier molecular flexibility index (Phi) is 7.56. The molecule has 138 valence electrons. The summed E-state index contributed by atoms with van der Waals surface area (Å²) < 4.78 is 5.81. The molecule has 0 aliphatic carbocycles. The molecule has 1 aliphatic rings. The van der Waals surface area contributed by atoms with E-state index in [1.54, 1.807) is 0 Å². The third kappa shape index (κ3) is 5.34. The number of H-pyrrole nitrogens is 1. The number of fused-ring (bicyclic) bond motifs is 1. The minimum absolute atomic E-state index is 0. The van der Waals surface area contributed by atoms with Crippen LogP contribution in [0.25, 0.3) is 10.9 Å². The highest BCUT2D eigenvalue weighted by atomic mass is 127. The van der Waals surface area contributed by atoms with E-state index in [0.29, 0.717) is 6.54 Å². The Hall–Kier alpha value is -1.28. The van der Waals surface area contributed by atoms with Crippen molar-refractivity contribution in [3.8, 4) is 0 Å². The number of halogens is 1. The number of ether oxygens (including phenoxy) is 1. The largest absolute Gasteiger partial charge is 0.373 e. The molecule has 5 nitrogen and oxygen atoms in total. The van der Waals surface area contributed by atoms with Crippen LogP contribution < -0.4 is 10.6 Å². The highest BCUT2D eigenvalue weighted by Crippen LogP contribution is 2.25. The van der Waals surface area contributed by atoms with E-state index in [1.807, 2.05) is 0 Å². The van der Waals surface area contributed by atoms with Crippen molar-refractivity contribution in [1.29, 1.82) is 0 Å². The number of guanidine groups is 1. The second-order valence-electron chi connectivity index (χ2n) is 6.63. The van der Waals surface area contributed by atoms with E-state index in [0.717, 1.165) is 44.9 Å². The average Bonchev–Trinajstić information content (AvgIpc) is 3.20. The molecule has 2 heterocycles. The predicted molar refractivity (Wildman–Crippen MR) is 115 cm³/mol. The Balaban J connectivity index is 0.00000225. The fourth-order valence-corrected chi connectivity index (χ4v) is 3.20. The van der Waals surface area contributed by atoms with E-state index < -0.39 is 0 Å². The first kappa shape index (κ1) is 20.0. The van der Waals surface area contributed by atoms with Gasteiger partial charge in [0.1, 0.15) is 0 Å². The van der Waals surface area contributed by atoms with Gasteiger partial charge >= 0.3 is 0 Å². The number of hydrogen-bond donors (Lipinski definition) is 3. The lowest BCUT2D eigenvalue weighted by molar-refractivity contribution is 0.0283. The van der Waals surface area contributed by atoms with E-state index in [2.05, 4.69) is 59.9 Å². The summed E-state index contributed by atoms with van der Waals surface area (Å²) in [6.45, 7) is 7.51. The topological polar surface area (TPSA) is 61.4 Å². The highest BCUT2D eigenvalue weighted by Gasteiger charge is 2.29. The minimum atomic E-state index is -0.0980. The van der Waals surface area contributed by atoms with Crippen molar-refractivity contribution in [3.63, 3.8) is 0 Å². The molecular formula is C19H29IN4O. The van der Waals surface area contributed by atoms with Crippen LogP contribution in [0, 0.1) is 0 Å². The standard InChI is InChI=1S/C19H28N4O.HI/c1-3-20-18(23-14-19(2)10-6-12-24-19)21-11-9-15-13-22-17-8-5-4-7-16(15)17;/h4-5,7-8,13,22H,3,6,9-12,14H2,1-2H3,(H2,20,21,23);1H. The summed E-state index contributed by atoms with van der Waals surface area (Å²) in [6, 6.07) is 8.42. The molecular weight excluding hydrogens is 427 g/mol. The number of hydrogen-bond acceptors (Lipinski definition) is 2. The molecule has 1 aromatic heterocycles. The molecule has 1 aliphatic heterocycles. The second kappa shape index (κ2) is 9.43. The summed E-state index contributed by atoms with van der Waals surface area (Å²) in [5.41, 5.74) is 2.43. The summed E-state index contributed by atoms with van der Waals surface area (Å²) in [5, 5.41) is 8.05. The summed E-state index contributed by atoms with van der Waals surface area (Å²) in [5.74, 6) is 0.870. The molecule has 1 atom stereocenters. The van der Waals surface area contributed by atoms with Gasteiger partial charge in [-0.05, 0) is 44.7 Å². The maximum absolute atomic E-state index is 5.81. The van der Waals surface area contributed by atoms with Gasteiger partial charge in [-0.2, -0.15) is 0 Å². The van der Waals surface area contributed by atoms with Crippen LogP contribution in [0.5, 0.6) is 0 Å². The fraction of sp³-hybridized carbons (Fsp3) is 0.526. The summed E-state index contributed by atoms with van der Waals surface area (Å²) in [4.78, 5) is 8.04. The number of aromatic amines is 1. The van der Waals surface area contributed by atoms with Gasteiger partial charge < -0.3 is 20.4 Å². The first-order valence-electron chi connectivity index (χ1n) is 8.91. The Morgan fingerprint density at radius 1 is 1.32 bits per heavy atom. The molecule has 6 heteroatoms. The van der Waals surface area contributed by atoms with E-state index in [9.17, 15) is 0 Å². The molecule has 1 unspecified atom stereocenters. The maximum Gasteiger partial charge on any atom is 0.191 e. The Morgan fingerprint density at radius 3 is 2.92 bits per heavy atom. The molecule has 3 rings (SSSR count). The monoisotopic (exact) mass is 456 g/mol. The molecule has 2 aromatic rings. The molecule has 0 saturated carbocycles. The van der Waals surface area contributed by atoms with Gasteiger partial charge in [0.05, 0.1) is 12.1 Å². The van der Waals surface area contributed by atoms with Gasteiger partial charge in [-0.25, -0.2) is 0 Å². The van der Waals surface area contributed by atoms with Crippen molar-refractivity contribution in [2.45, 2.75) is 38.7 Å². The average molecular weight is 456 g/mol. The molecule has 1 fully saturated rings. The van der Waals surface area contributed by atoms with Gasteiger partial charge in [0.15, 0.2) is 5.96 Å². The van der Waals surface area contributed by atoms with Crippen molar-refractivity contribution < 1.29 is 4.74 Å². The molecule has 0 bridgehead atoms.